The molecule has 1 N–H and O–H groups in total. The zero-order valence-electron chi connectivity index (χ0n) is 17.4. The van der Waals surface area contributed by atoms with E-state index in [0.29, 0.717) is 24.6 Å². The molecule has 1 aromatic carbocycles. The molecule has 3 amide bonds. The van der Waals surface area contributed by atoms with Gasteiger partial charge >= 0.3 is 0 Å². The molecule has 160 valence electrons. The first-order valence-corrected chi connectivity index (χ1v) is 11.2. The van der Waals surface area contributed by atoms with Crippen LogP contribution in [0.2, 0.25) is 0 Å². The number of nitrogens with zero attached hydrogens (tertiary/aromatic N) is 2. The number of amides is 3. The van der Waals surface area contributed by atoms with Gasteiger partial charge in [0.15, 0.2) is 0 Å². The van der Waals surface area contributed by atoms with E-state index in [-0.39, 0.29) is 30.2 Å². The molecule has 2 saturated heterocycles. The summed E-state index contributed by atoms with van der Waals surface area (Å²) in [7, 11) is 0. The lowest BCUT2D eigenvalue weighted by molar-refractivity contribution is -0.136. The number of benzene rings is 1. The highest BCUT2D eigenvalue weighted by atomic mass is 16.5. The molecule has 3 aliphatic heterocycles. The number of ether oxygens (including phenoxy) is 1. The molecule has 1 saturated carbocycles. The molecule has 1 aliphatic carbocycles. The average Bonchev–Trinajstić information content (AvgIpc) is 3.41. The van der Waals surface area contributed by atoms with E-state index in [4.69, 9.17) is 4.74 Å². The second kappa shape index (κ2) is 7.69. The Morgan fingerprint density at radius 2 is 1.97 bits per heavy atom. The molecule has 1 aromatic rings. The molecular weight excluding hydrogens is 382 g/mol. The van der Waals surface area contributed by atoms with Crippen molar-refractivity contribution in [2.75, 3.05) is 13.1 Å². The van der Waals surface area contributed by atoms with Gasteiger partial charge in [-0.2, -0.15) is 0 Å². The van der Waals surface area contributed by atoms with Crippen LogP contribution in [-0.4, -0.2) is 58.8 Å². The molecule has 3 heterocycles. The maximum atomic E-state index is 12.8. The molecule has 0 aromatic heterocycles. The summed E-state index contributed by atoms with van der Waals surface area (Å²) >= 11 is 0. The van der Waals surface area contributed by atoms with Gasteiger partial charge < -0.3 is 9.64 Å². The van der Waals surface area contributed by atoms with Crippen molar-refractivity contribution in [2.45, 2.75) is 70.2 Å². The summed E-state index contributed by atoms with van der Waals surface area (Å²) in [5.74, 6) is 0.773. The average molecular weight is 412 g/mol. The predicted octanol–water partition coefficient (Wildman–Crippen LogP) is 2.09. The van der Waals surface area contributed by atoms with Crippen molar-refractivity contribution in [3.05, 3.63) is 29.3 Å². The zero-order chi connectivity index (χ0) is 20.8. The lowest BCUT2D eigenvalue weighted by Crippen LogP contribution is -2.52. The third kappa shape index (κ3) is 3.49. The van der Waals surface area contributed by atoms with Crippen LogP contribution in [0, 0.1) is 5.92 Å². The van der Waals surface area contributed by atoms with Crippen LogP contribution in [0.3, 0.4) is 0 Å². The second-order valence-corrected chi connectivity index (χ2v) is 9.26. The first-order valence-electron chi connectivity index (χ1n) is 11.2. The van der Waals surface area contributed by atoms with Crippen LogP contribution in [0.5, 0.6) is 5.75 Å². The van der Waals surface area contributed by atoms with Gasteiger partial charge in [-0.25, -0.2) is 0 Å². The Kier molecular flexibility index (Phi) is 5.01. The molecule has 0 radical (unpaired) electrons. The number of hydrogen-bond donors (Lipinski definition) is 1. The van der Waals surface area contributed by atoms with E-state index < -0.39 is 6.04 Å². The van der Waals surface area contributed by atoms with E-state index in [2.05, 4.69) is 17.1 Å². The maximum Gasteiger partial charge on any atom is 0.255 e. The Labute approximate surface area is 176 Å². The Morgan fingerprint density at radius 1 is 1.10 bits per heavy atom. The predicted molar refractivity (Wildman–Crippen MR) is 110 cm³/mol. The van der Waals surface area contributed by atoms with Crippen LogP contribution in [0.25, 0.3) is 0 Å². The summed E-state index contributed by atoms with van der Waals surface area (Å²) in [4.78, 5) is 40.7. The molecule has 0 spiro atoms. The fourth-order valence-electron chi connectivity index (χ4n) is 5.53. The van der Waals surface area contributed by atoms with E-state index >= 15 is 0 Å². The van der Waals surface area contributed by atoms with Gasteiger partial charge in [0.1, 0.15) is 17.9 Å². The number of carbonyl (C=O) groups is 3. The van der Waals surface area contributed by atoms with Gasteiger partial charge in [-0.05, 0) is 68.3 Å². The van der Waals surface area contributed by atoms with E-state index in [1.54, 1.807) is 4.90 Å². The minimum atomic E-state index is -0.580. The summed E-state index contributed by atoms with van der Waals surface area (Å²) in [6.07, 6.45) is 5.54. The second-order valence-electron chi connectivity index (χ2n) is 9.26. The number of fused-ring (bicyclic) bond motifs is 1. The number of carbonyl (C=O) groups excluding carboxylic acids is 3. The smallest absolute Gasteiger partial charge is 0.255 e. The van der Waals surface area contributed by atoms with Crippen molar-refractivity contribution in [3.63, 3.8) is 0 Å². The minimum absolute atomic E-state index is 0.143. The molecule has 5 rings (SSSR count). The van der Waals surface area contributed by atoms with Crippen molar-refractivity contribution < 1.29 is 19.1 Å². The van der Waals surface area contributed by atoms with Gasteiger partial charge in [0.25, 0.3) is 5.91 Å². The monoisotopic (exact) mass is 411 g/mol. The first-order chi connectivity index (χ1) is 14.5. The largest absolute Gasteiger partial charge is 0.489 e. The number of rotatable bonds is 4. The van der Waals surface area contributed by atoms with Crippen molar-refractivity contribution >= 4 is 17.7 Å². The molecule has 4 atom stereocenters. The Bertz CT molecular complexity index is 885. The third-order valence-electron chi connectivity index (χ3n) is 7.12. The molecule has 7 nitrogen and oxygen atoms in total. The highest BCUT2D eigenvalue weighted by Gasteiger charge is 2.40. The molecular formula is C23H29N3O4. The number of hydrogen-bond acceptors (Lipinski definition) is 5. The van der Waals surface area contributed by atoms with Gasteiger partial charge in [-0.3, -0.25) is 24.6 Å². The van der Waals surface area contributed by atoms with Gasteiger partial charge in [0.2, 0.25) is 11.8 Å². The fourth-order valence-corrected chi connectivity index (χ4v) is 5.53. The standard InChI is InChI=1S/C23H29N3O4/c1-14-9-10-25(12-14)18-3-2-4-20(18)30-16-5-6-17-15(11-16)13-26(23(17)29)19-7-8-21(27)24-22(19)28/h5-6,11,14,18-20H,2-4,7-10,12-13H2,1H3,(H,24,27,28)/t14-,18-,19?,20-/m1/s1. The van der Waals surface area contributed by atoms with Crippen LogP contribution in [0.15, 0.2) is 18.2 Å². The van der Waals surface area contributed by atoms with Crippen molar-refractivity contribution in [3.8, 4) is 5.75 Å². The summed E-state index contributed by atoms with van der Waals surface area (Å²) in [5, 5.41) is 2.35. The molecule has 0 bridgehead atoms. The van der Waals surface area contributed by atoms with Gasteiger partial charge in [-0.15, -0.1) is 0 Å². The molecule has 7 heteroatoms. The fraction of sp³-hybridized carbons (Fsp3) is 0.609. The number of imide groups is 1. The molecule has 1 unspecified atom stereocenters. The molecule has 30 heavy (non-hydrogen) atoms. The number of likely N-dealkylation sites (tertiary alicyclic amines) is 1. The Balaban J connectivity index is 1.29. The number of nitrogens with one attached hydrogen (secondary N) is 1. The summed E-state index contributed by atoms with van der Waals surface area (Å²) in [5.41, 5.74) is 1.52. The van der Waals surface area contributed by atoms with E-state index in [1.165, 1.54) is 19.3 Å². The highest BCUT2D eigenvalue weighted by Crippen LogP contribution is 2.34. The quantitative estimate of drug-likeness (QED) is 0.768. The van der Waals surface area contributed by atoms with Crippen LogP contribution < -0.4 is 10.1 Å². The number of piperidine rings is 1. The normalized spacial score (nSPS) is 31.9. The van der Waals surface area contributed by atoms with Crippen LogP contribution in [0.4, 0.5) is 0 Å². The highest BCUT2D eigenvalue weighted by molar-refractivity contribution is 6.05. The maximum absolute atomic E-state index is 12.8. The van der Waals surface area contributed by atoms with Gasteiger partial charge in [0.05, 0.1) is 0 Å². The Morgan fingerprint density at radius 3 is 2.73 bits per heavy atom. The van der Waals surface area contributed by atoms with E-state index in [1.807, 2.05) is 18.2 Å². The van der Waals surface area contributed by atoms with Crippen LogP contribution in [0.1, 0.15) is 61.4 Å². The first kappa shape index (κ1) is 19.5. The summed E-state index contributed by atoms with van der Waals surface area (Å²) < 4.78 is 6.42. The molecule has 4 aliphatic rings. The topological polar surface area (TPSA) is 79.0 Å². The van der Waals surface area contributed by atoms with E-state index in [0.717, 1.165) is 36.7 Å². The zero-order valence-corrected chi connectivity index (χ0v) is 17.4. The van der Waals surface area contributed by atoms with Gasteiger partial charge in [0, 0.05) is 31.1 Å². The van der Waals surface area contributed by atoms with Crippen molar-refractivity contribution in [1.29, 1.82) is 0 Å². The summed E-state index contributed by atoms with van der Waals surface area (Å²) in [6, 6.07) is 5.56. The van der Waals surface area contributed by atoms with Crippen molar-refractivity contribution in [1.82, 2.24) is 15.1 Å². The lowest BCUT2D eigenvalue weighted by atomic mass is 10.0. The Hall–Kier alpha value is -2.41. The molecule has 3 fully saturated rings. The van der Waals surface area contributed by atoms with Gasteiger partial charge in [-0.1, -0.05) is 6.92 Å². The SMILES string of the molecule is C[C@@H]1CCN([C@@H]2CCC[C@H]2Oc2ccc3c(c2)CN(C2CCC(=O)NC2=O)C3=O)C1. The van der Waals surface area contributed by atoms with E-state index in [9.17, 15) is 14.4 Å². The third-order valence-corrected chi connectivity index (χ3v) is 7.12. The van der Waals surface area contributed by atoms with Crippen LogP contribution >= 0.6 is 0 Å². The lowest BCUT2D eigenvalue weighted by Gasteiger charge is -2.30. The summed E-state index contributed by atoms with van der Waals surface area (Å²) in [6.45, 7) is 5.02. The minimum Gasteiger partial charge on any atom is -0.489 e. The van der Waals surface area contributed by atoms with Crippen LogP contribution in [-0.2, 0) is 16.1 Å². The van der Waals surface area contributed by atoms with Crippen molar-refractivity contribution in [2.24, 2.45) is 5.92 Å².